The van der Waals surface area contributed by atoms with Crippen molar-refractivity contribution in [3.8, 4) is 18.0 Å². The van der Waals surface area contributed by atoms with Crippen LogP contribution in [0.15, 0.2) is 30.3 Å². The minimum absolute atomic E-state index is 0.651. The van der Waals surface area contributed by atoms with Gasteiger partial charge in [-0.2, -0.15) is 4.68 Å². The number of nitrogens with zero attached hydrogens (tertiary/aromatic N) is 4. The average Bonchev–Trinajstić information content (AvgIpc) is 2.92. The van der Waals surface area contributed by atoms with E-state index in [9.17, 15) is 0 Å². The van der Waals surface area contributed by atoms with Gasteiger partial charge in [-0.3, -0.25) is 0 Å². The van der Waals surface area contributed by atoms with Gasteiger partial charge in [-0.1, -0.05) is 18.2 Å². The Bertz CT molecular complexity index is 526. The third-order valence-corrected chi connectivity index (χ3v) is 2.74. The molecule has 0 spiro atoms. The Morgan fingerprint density at radius 3 is 2.84 bits per heavy atom. The molecule has 19 heavy (non-hydrogen) atoms. The van der Waals surface area contributed by atoms with Crippen molar-refractivity contribution in [3.05, 3.63) is 36.2 Å². The summed E-state index contributed by atoms with van der Waals surface area (Å²) in [6.45, 7) is 1.57. The highest BCUT2D eigenvalue weighted by Gasteiger charge is 2.06. The van der Waals surface area contributed by atoms with Gasteiger partial charge >= 0.3 is 0 Å². The van der Waals surface area contributed by atoms with Gasteiger partial charge in [0.1, 0.15) is 0 Å². The lowest BCUT2D eigenvalue weighted by Gasteiger charge is -2.05. The number of tetrazole rings is 1. The molecule has 0 aliphatic rings. The van der Waals surface area contributed by atoms with E-state index in [0.717, 1.165) is 37.3 Å². The Labute approximate surface area is 113 Å². The molecule has 98 valence electrons. The highest BCUT2D eigenvalue weighted by molar-refractivity contribution is 5.30. The second-order valence-corrected chi connectivity index (χ2v) is 4.18. The van der Waals surface area contributed by atoms with Crippen LogP contribution < -0.4 is 5.32 Å². The Hall–Kier alpha value is -2.19. The highest BCUT2D eigenvalue weighted by atomic mass is 15.5. The van der Waals surface area contributed by atoms with Crippen LogP contribution in [-0.2, 0) is 6.54 Å². The molecule has 0 saturated carbocycles. The van der Waals surface area contributed by atoms with Crippen molar-refractivity contribution in [3.63, 3.8) is 0 Å². The van der Waals surface area contributed by atoms with Gasteiger partial charge in [0.15, 0.2) is 5.82 Å². The average molecular weight is 255 g/mol. The standard InChI is InChI=1S/C14H17N5/c1-2-3-4-8-11-15-12-14-16-17-18-19(14)13-9-6-5-7-10-13/h1,5-7,9-10,15H,3-4,8,11-12H2. The topological polar surface area (TPSA) is 55.6 Å². The summed E-state index contributed by atoms with van der Waals surface area (Å²) in [5.41, 5.74) is 0.969. The zero-order valence-corrected chi connectivity index (χ0v) is 10.8. The van der Waals surface area contributed by atoms with Gasteiger partial charge in [-0.15, -0.1) is 17.4 Å². The molecule has 5 heteroatoms. The first-order chi connectivity index (χ1) is 9.42. The minimum atomic E-state index is 0.651. The number of para-hydroxylation sites is 1. The first-order valence-electron chi connectivity index (χ1n) is 6.38. The Morgan fingerprint density at radius 2 is 2.05 bits per heavy atom. The van der Waals surface area contributed by atoms with E-state index >= 15 is 0 Å². The maximum atomic E-state index is 5.20. The molecule has 2 aromatic rings. The molecular formula is C14H17N5. The fourth-order valence-electron chi connectivity index (χ4n) is 1.76. The second-order valence-electron chi connectivity index (χ2n) is 4.18. The summed E-state index contributed by atoms with van der Waals surface area (Å²) < 4.78 is 1.74. The largest absolute Gasteiger partial charge is 0.310 e. The number of rotatable bonds is 7. The molecule has 0 amide bonds. The molecule has 0 aliphatic carbocycles. The van der Waals surface area contributed by atoms with Crippen LogP contribution in [0.5, 0.6) is 0 Å². The summed E-state index contributed by atoms with van der Waals surface area (Å²) in [5.74, 6) is 3.45. The van der Waals surface area contributed by atoms with Crippen LogP contribution in [0.1, 0.15) is 25.1 Å². The molecule has 1 N–H and O–H groups in total. The third kappa shape index (κ3) is 3.90. The molecule has 0 saturated heterocycles. The van der Waals surface area contributed by atoms with Gasteiger partial charge in [-0.25, -0.2) is 0 Å². The Morgan fingerprint density at radius 1 is 1.21 bits per heavy atom. The van der Waals surface area contributed by atoms with Crippen molar-refractivity contribution < 1.29 is 0 Å². The van der Waals surface area contributed by atoms with E-state index < -0.39 is 0 Å². The van der Waals surface area contributed by atoms with E-state index in [0.29, 0.717) is 6.54 Å². The lowest BCUT2D eigenvalue weighted by molar-refractivity contribution is 0.602. The lowest BCUT2D eigenvalue weighted by Crippen LogP contribution is -2.18. The summed E-state index contributed by atoms with van der Waals surface area (Å²) in [6.07, 6.45) is 8.16. The summed E-state index contributed by atoms with van der Waals surface area (Å²) in [6, 6.07) is 9.86. The van der Waals surface area contributed by atoms with Gasteiger partial charge in [0.25, 0.3) is 0 Å². The molecule has 0 bridgehead atoms. The molecule has 1 heterocycles. The lowest BCUT2D eigenvalue weighted by atomic mass is 10.2. The van der Waals surface area contributed by atoms with Crippen molar-refractivity contribution in [1.82, 2.24) is 25.5 Å². The van der Waals surface area contributed by atoms with Crippen molar-refractivity contribution in [2.24, 2.45) is 0 Å². The summed E-state index contributed by atoms with van der Waals surface area (Å²) >= 11 is 0. The van der Waals surface area contributed by atoms with Gasteiger partial charge in [0, 0.05) is 6.42 Å². The van der Waals surface area contributed by atoms with Crippen LogP contribution >= 0.6 is 0 Å². The molecule has 5 nitrogen and oxygen atoms in total. The van der Waals surface area contributed by atoms with E-state index in [4.69, 9.17) is 6.42 Å². The number of aromatic nitrogens is 4. The summed E-state index contributed by atoms with van der Waals surface area (Å²) in [4.78, 5) is 0. The van der Waals surface area contributed by atoms with Gasteiger partial charge in [0.05, 0.1) is 12.2 Å². The van der Waals surface area contributed by atoms with Gasteiger partial charge in [-0.05, 0) is 41.9 Å². The second kappa shape index (κ2) is 7.29. The van der Waals surface area contributed by atoms with Crippen LogP contribution in [0, 0.1) is 12.3 Å². The predicted molar refractivity (Wildman–Crippen MR) is 73.5 cm³/mol. The SMILES string of the molecule is C#CCCCCNCc1nnnn1-c1ccccc1. The predicted octanol–water partition coefficient (Wildman–Crippen LogP) is 1.56. The molecule has 0 unspecified atom stereocenters. The first-order valence-corrected chi connectivity index (χ1v) is 6.38. The first kappa shape index (κ1) is 13.2. The van der Waals surface area contributed by atoms with Gasteiger partial charge in [0.2, 0.25) is 0 Å². The minimum Gasteiger partial charge on any atom is -0.310 e. The number of benzene rings is 1. The van der Waals surface area contributed by atoms with Crippen LogP contribution in [0.4, 0.5) is 0 Å². The summed E-state index contributed by atoms with van der Waals surface area (Å²) in [7, 11) is 0. The molecule has 0 radical (unpaired) electrons. The smallest absolute Gasteiger partial charge is 0.170 e. The maximum Gasteiger partial charge on any atom is 0.170 e. The van der Waals surface area contributed by atoms with Crippen molar-refractivity contribution in [2.75, 3.05) is 6.54 Å². The van der Waals surface area contributed by atoms with Crippen LogP contribution in [0.3, 0.4) is 0 Å². The normalized spacial score (nSPS) is 10.3. The van der Waals surface area contributed by atoms with E-state index in [-0.39, 0.29) is 0 Å². The van der Waals surface area contributed by atoms with Crippen molar-refractivity contribution >= 4 is 0 Å². The van der Waals surface area contributed by atoms with Crippen LogP contribution in [0.2, 0.25) is 0 Å². The number of nitrogens with one attached hydrogen (secondary N) is 1. The fraction of sp³-hybridized carbons (Fsp3) is 0.357. The third-order valence-electron chi connectivity index (χ3n) is 2.74. The van der Waals surface area contributed by atoms with Crippen LogP contribution in [-0.4, -0.2) is 26.8 Å². The molecular weight excluding hydrogens is 238 g/mol. The number of unbranched alkanes of at least 4 members (excludes halogenated alkanes) is 2. The van der Waals surface area contributed by atoms with E-state index in [1.54, 1.807) is 4.68 Å². The molecule has 0 atom stereocenters. The van der Waals surface area contributed by atoms with Crippen molar-refractivity contribution in [1.29, 1.82) is 0 Å². The molecule has 1 aromatic heterocycles. The van der Waals surface area contributed by atoms with E-state index in [1.165, 1.54) is 0 Å². The molecule has 2 rings (SSSR count). The number of hydrogen-bond donors (Lipinski definition) is 1. The maximum absolute atomic E-state index is 5.20. The van der Waals surface area contributed by atoms with Gasteiger partial charge < -0.3 is 5.32 Å². The van der Waals surface area contributed by atoms with Crippen LogP contribution in [0.25, 0.3) is 5.69 Å². The highest BCUT2D eigenvalue weighted by Crippen LogP contribution is 2.06. The summed E-state index contributed by atoms with van der Waals surface area (Å²) in [5, 5.41) is 15.1. The van der Waals surface area contributed by atoms with E-state index in [1.807, 2.05) is 30.3 Å². The molecule has 1 aromatic carbocycles. The molecule has 0 aliphatic heterocycles. The fourth-order valence-corrected chi connectivity index (χ4v) is 1.76. The van der Waals surface area contributed by atoms with Crippen molar-refractivity contribution in [2.45, 2.75) is 25.8 Å². The Balaban J connectivity index is 1.85. The zero-order valence-electron chi connectivity index (χ0n) is 10.8. The molecule has 0 fully saturated rings. The van der Waals surface area contributed by atoms with E-state index in [2.05, 4.69) is 26.8 Å². The number of terminal acetylenes is 1. The Kier molecular flexibility index (Phi) is 5.08. The zero-order chi connectivity index (χ0) is 13.3. The monoisotopic (exact) mass is 255 g/mol. The number of hydrogen-bond acceptors (Lipinski definition) is 4. The quantitative estimate of drug-likeness (QED) is 0.602.